The van der Waals surface area contributed by atoms with Crippen LogP contribution in [0.25, 0.3) is 0 Å². The lowest BCUT2D eigenvalue weighted by atomic mass is 9.85. The molecule has 3 aliphatic rings. The molecule has 0 aliphatic carbocycles. The first-order chi connectivity index (χ1) is 14.4. The maximum atomic E-state index is 13.6. The van der Waals surface area contributed by atoms with E-state index in [9.17, 15) is 14.4 Å². The standard InChI is InChI=1S/C24H23ClN2O3/c1-13-5-10-17(14(2)12-13)27-23(29)19-18-4-3-11-26(18)21(20(19)24(27)30)22(28)15-6-8-16(25)9-7-15/h5-10,12,18-21H,3-4,11H2,1-2H3/t18-,19+,20+,21+/m1/s1. The minimum atomic E-state index is -0.633. The zero-order chi connectivity index (χ0) is 21.2. The van der Waals surface area contributed by atoms with Crippen LogP contribution in [0.3, 0.4) is 0 Å². The van der Waals surface area contributed by atoms with Gasteiger partial charge in [-0.1, -0.05) is 29.3 Å². The average Bonchev–Trinajstić information content (AvgIpc) is 3.35. The van der Waals surface area contributed by atoms with E-state index in [1.165, 1.54) is 4.90 Å². The van der Waals surface area contributed by atoms with Crippen molar-refractivity contribution in [2.45, 2.75) is 38.8 Å². The number of aryl methyl sites for hydroxylation is 2. The molecule has 4 atom stereocenters. The van der Waals surface area contributed by atoms with Crippen LogP contribution in [0, 0.1) is 25.7 Å². The predicted octanol–water partition coefficient (Wildman–Crippen LogP) is 3.79. The summed E-state index contributed by atoms with van der Waals surface area (Å²) in [6, 6.07) is 11.8. The van der Waals surface area contributed by atoms with Crippen LogP contribution in [0.1, 0.15) is 34.3 Å². The van der Waals surface area contributed by atoms with E-state index in [1.807, 2.05) is 32.0 Å². The predicted molar refractivity (Wildman–Crippen MR) is 115 cm³/mol. The lowest BCUT2D eigenvalue weighted by Crippen LogP contribution is -2.46. The van der Waals surface area contributed by atoms with Gasteiger partial charge in [0.05, 0.1) is 23.6 Å². The fourth-order valence-corrected chi connectivity index (χ4v) is 5.72. The second-order valence-corrected chi connectivity index (χ2v) is 9.05. The Balaban J connectivity index is 1.56. The highest BCUT2D eigenvalue weighted by atomic mass is 35.5. The van der Waals surface area contributed by atoms with Gasteiger partial charge in [-0.15, -0.1) is 0 Å². The highest BCUT2D eigenvalue weighted by Crippen LogP contribution is 2.48. The Morgan fingerprint density at radius 2 is 1.70 bits per heavy atom. The first-order valence-corrected chi connectivity index (χ1v) is 10.8. The molecule has 0 N–H and O–H groups in total. The third-order valence-corrected chi connectivity index (χ3v) is 7.09. The topological polar surface area (TPSA) is 57.7 Å². The van der Waals surface area contributed by atoms with E-state index in [0.29, 0.717) is 16.3 Å². The molecule has 5 nitrogen and oxygen atoms in total. The normalized spacial score (nSPS) is 28.2. The van der Waals surface area contributed by atoms with Crippen molar-refractivity contribution in [2.75, 3.05) is 11.4 Å². The minimum absolute atomic E-state index is 0.0524. The summed E-state index contributed by atoms with van der Waals surface area (Å²) in [6.45, 7) is 4.64. The van der Waals surface area contributed by atoms with E-state index in [2.05, 4.69) is 4.90 Å². The molecule has 2 aromatic rings. The zero-order valence-corrected chi connectivity index (χ0v) is 17.7. The number of carbonyl (C=O) groups excluding carboxylic acids is 3. The Labute approximate surface area is 180 Å². The van der Waals surface area contributed by atoms with E-state index < -0.39 is 17.9 Å². The van der Waals surface area contributed by atoms with Crippen molar-refractivity contribution in [1.29, 1.82) is 0 Å². The van der Waals surface area contributed by atoms with Gasteiger partial charge in [0.15, 0.2) is 5.78 Å². The average molecular weight is 423 g/mol. The van der Waals surface area contributed by atoms with Crippen LogP contribution < -0.4 is 4.90 Å². The Hall–Kier alpha value is -2.50. The molecule has 154 valence electrons. The molecule has 2 amide bonds. The highest BCUT2D eigenvalue weighted by Gasteiger charge is 2.64. The van der Waals surface area contributed by atoms with Gasteiger partial charge < -0.3 is 0 Å². The summed E-state index contributed by atoms with van der Waals surface area (Å²) < 4.78 is 0. The van der Waals surface area contributed by atoms with Crippen LogP contribution in [-0.4, -0.2) is 41.1 Å². The van der Waals surface area contributed by atoms with E-state index in [1.54, 1.807) is 24.3 Å². The number of fused-ring (bicyclic) bond motifs is 3. The number of anilines is 1. The molecule has 3 fully saturated rings. The van der Waals surface area contributed by atoms with Crippen molar-refractivity contribution in [3.05, 3.63) is 64.2 Å². The molecule has 6 heteroatoms. The van der Waals surface area contributed by atoms with Gasteiger partial charge in [-0.05, 0) is 69.1 Å². The number of hydrogen-bond acceptors (Lipinski definition) is 4. The van der Waals surface area contributed by atoms with Crippen molar-refractivity contribution < 1.29 is 14.4 Å². The van der Waals surface area contributed by atoms with E-state index in [4.69, 9.17) is 11.6 Å². The quantitative estimate of drug-likeness (QED) is 0.557. The highest BCUT2D eigenvalue weighted by molar-refractivity contribution is 6.30. The van der Waals surface area contributed by atoms with Crippen LogP contribution in [0.4, 0.5) is 5.69 Å². The largest absolute Gasteiger partial charge is 0.292 e. The van der Waals surface area contributed by atoms with Gasteiger partial charge in [0.2, 0.25) is 11.8 Å². The molecule has 0 saturated carbocycles. The summed E-state index contributed by atoms with van der Waals surface area (Å²) in [5, 5.41) is 0.558. The summed E-state index contributed by atoms with van der Waals surface area (Å²) in [7, 11) is 0. The summed E-state index contributed by atoms with van der Waals surface area (Å²) in [6.07, 6.45) is 1.77. The van der Waals surface area contributed by atoms with E-state index in [-0.39, 0.29) is 23.6 Å². The molecule has 0 radical (unpaired) electrons. The Morgan fingerprint density at radius 3 is 2.40 bits per heavy atom. The Kier molecular flexibility index (Phi) is 4.56. The first kappa shape index (κ1) is 19.5. The van der Waals surface area contributed by atoms with Crippen molar-refractivity contribution in [3.63, 3.8) is 0 Å². The van der Waals surface area contributed by atoms with Crippen LogP contribution in [0.5, 0.6) is 0 Å². The third kappa shape index (κ3) is 2.76. The van der Waals surface area contributed by atoms with Crippen molar-refractivity contribution in [3.8, 4) is 0 Å². The summed E-state index contributed by atoms with van der Waals surface area (Å²) in [5.74, 6) is -1.61. The number of nitrogens with zero attached hydrogens (tertiary/aromatic N) is 2. The smallest absolute Gasteiger partial charge is 0.239 e. The number of Topliss-reactive ketones (excluding diaryl/α,β-unsaturated/α-hetero) is 1. The lowest BCUT2D eigenvalue weighted by Gasteiger charge is -2.28. The Bertz CT molecular complexity index is 1060. The summed E-state index contributed by atoms with van der Waals surface area (Å²) >= 11 is 5.98. The third-order valence-electron chi connectivity index (χ3n) is 6.84. The number of benzene rings is 2. The fraction of sp³-hybridized carbons (Fsp3) is 0.375. The number of amides is 2. The number of rotatable bonds is 3. The maximum absolute atomic E-state index is 13.6. The van der Waals surface area contributed by atoms with Gasteiger partial charge in [-0.3, -0.25) is 19.3 Å². The fourth-order valence-electron chi connectivity index (χ4n) is 5.59. The lowest BCUT2D eigenvalue weighted by molar-refractivity contribution is -0.123. The summed E-state index contributed by atoms with van der Waals surface area (Å²) in [4.78, 5) is 44.0. The van der Waals surface area contributed by atoms with Crippen molar-refractivity contribution >= 4 is 34.9 Å². The number of hydrogen-bond donors (Lipinski definition) is 0. The molecule has 0 bridgehead atoms. The second-order valence-electron chi connectivity index (χ2n) is 8.62. The molecule has 30 heavy (non-hydrogen) atoms. The van der Waals surface area contributed by atoms with Gasteiger partial charge in [0.1, 0.15) is 0 Å². The Morgan fingerprint density at radius 1 is 1.00 bits per heavy atom. The van der Waals surface area contributed by atoms with Crippen molar-refractivity contribution in [2.24, 2.45) is 11.8 Å². The molecule has 2 aromatic carbocycles. The molecule has 3 saturated heterocycles. The number of carbonyl (C=O) groups is 3. The summed E-state index contributed by atoms with van der Waals surface area (Å²) in [5.41, 5.74) is 3.13. The number of halogens is 1. The molecule has 3 heterocycles. The molecular weight excluding hydrogens is 400 g/mol. The first-order valence-electron chi connectivity index (χ1n) is 10.4. The van der Waals surface area contributed by atoms with E-state index >= 15 is 0 Å². The number of imide groups is 1. The van der Waals surface area contributed by atoms with Crippen LogP contribution in [0.15, 0.2) is 42.5 Å². The van der Waals surface area contributed by atoms with Gasteiger partial charge in [0, 0.05) is 16.6 Å². The maximum Gasteiger partial charge on any atom is 0.239 e. The molecule has 0 spiro atoms. The monoisotopic (exact) mass is 422 g/mol. The molecule has 0 aromatic heterocycles. The number of ketones is 1. The second kappa shape index (κ2) is 7.03. The van der Waals surface area contributed by atoms with Crippen LogP contribution in [0.2, 0.25) is 5.02 Å². The zero-order valence-electron chi connectivity index (χ0n) is 17.0. The SMILES string of the molecule is Cc1ccc(N2C(=O)[C@@H]3[C@H](C2=O)[C@@H](C(=O)c2ccc(Cl)cc2)N2CCC[C@H]32)c(C)c1. The molecule has 3 aliphatic heterocycles. The van der Waals surface area contributed by atoms with E-state index in [0.717, 1.165) is 30.5 Å². The van der Waals surface area contributed by atoms with Crippen molar-refractivity contribution in [1.82, 2.24) is 4.90 Å². The van der Waals surface area contributed by atoms with Gasteiger partial charge in [-0.25, -0.2) is 4.90 Å². The molecule has 5 rings (SSSR count). The van der Waals surface area contributed by atoms with Crippen LogP contribution >= 0.6 is 11.6 Å². The van der Waals surface area contributed by atoms with Gasteiger partial charge in [0.25, 0.3) is 0 Å². The van der Waals surface area contributed by atoms with Gasteiger partial charge in [-0.2, -0.15) is 0 Å². The minimum Gasteiger partial charge on any atom is -0.292 e. The molecule has 0 unspecified atom stereocenters. The molecular formula is C24H23ClN2O3. The van der Waals surface area contributed by atoms with Gasteiger partial charge >= 0.3 is 0 Å². The van der Waals surface area contributed by atoms with Crippen LogP contribution in [-0.2, 0) is 9.59 Å².